The first kappa shape index (κ1) is 49.1. The minimum atomic E-state index is -0.129. The van der Waals surface area contributed by atoms with Crippen LogP contribution >= 0.6 is 0 Å². The molecular formula is C72H74N2. The predicted molar refractivity (Wildman–Crippen MR) is 324 cm³/mol. The van der Waals surface area contributed by atoms with Crippen molar-refractivity contribution in [2.75, 3.05) is 4.90 Å². The highest BCUT2D eigenvalue weighted by Crippen LogP contribution is 2.53. The predicted octanol–water partition coefficient (Wildman–Crippen LogP) is 21.0. The molecule has 0 radical (unpaired) electrons. The number of rotatable bonds is 6. The van der Waals surface area contributed by atoms with Gasteiger partial charge in [0.1, 0.15) is 0 Å². The molecule has 0 amide bonds. The first-order valence-electron chi connectivity index (χ1n) is 26.9. The summed E-state index contributed by atoms with van der Waals surface area (Å²) in [5.74, 6) is 0. The topological polar surface area (TPSA) is 8.17 Å². The zero-order valence-electron chi connectivity index (χ0n) is 46.6. The van der Waals surface area contributed by atoms with E-state index in [-0.39, 0.29) is 27.1 Å². The molecule has 0 bridgehead atoms. The number of fused-ring (bicyclic) bond motifs is 3. The maximum atomic E-state index is 2.66. The Hall–Kier alpha value is -7.16. The van der Waals surface area contributed by atoms with Crippen molar-refractivity contribution in [2.24, 2.45) is 0 Å². The summed E-state index contributed by atoms with van der Waals surface area (Å²) >= 11 is 0. The smallest absolute Gasteiger partial charge is 0.0618 e. The second kappa shape index (κ2) is 17.2. The maximum absolute atomic E-state index is 2.66. The van der Waals surface area contributed by atoms with Crippen LogP contribution < -0.4 is 4.90 Å². The van der Waals surface area contributed by atoms with Crippen LogP contribution in [0.5, 0.6) is 0 Å². The summed E-state index contributed by atoms with van der Waals surface area (Å²) in [5, 5.41) is 10.1. The largest absolute Gasteiger partial charge is 0.309 e. The number of hydrogen-bond acceptors (Lipinski definition) is 1. The SMILES string of the molecule is CC(C)(C)c1ccc(-c2cc(C(C)(C)C)cc(-c3ccc(C(C)(C)C)cc3)c2N(c2cc(C(C)(C)C)cc(C(C)(C)C)c2)c2ccc3ccc4c(-n5c6ccccc6c6ccccc65)ccc5ccc2c3c54)cc1. The summed E-state index contributed by atoms with van der Waals surface area (Å²) in [7, 11) is 0. The van der Waals surface area contributed by atoms with Crippen molar-refractivity contribution in [3.63, 3.8) is 0 Å². The van der Waals surface area contributed by atoms with Crippen LogP contribution in [0, 0.1) is 0 Å². The Morgan fingerprint density at radius 1 is 0.324 bits per heavy atom. The lowest BCUT2D eigenvalue weighted by molar-refractivity contribution is 0.568. The van der Waals surface area contributed by atoms with Crippen molar-refractivity contribution in [3.8, 4) is 27.9 Å². The molecule has 2 nitrogen and oxygen atoms in total. The van der Waals surface area contributed by atoms with Crippen LogP contribution in [0.4, 0.5) is 17.1 Å². The summed E-state index contributed by atoms with van der Waals surface area (Å²) in [5.41, 5.74) is 18.2. The minimum Gasteiger partial charge on any atom is -0.309 e. The summed E-state index contributed by atoms with van der Waals surface area (Å²) in [6, 6.07) is 68.1. The van der Waals surface area contributed by atoms with Gasteiger partial charge in [-0.2, -0.15) is 0 Å². The van der Waals surface area contributed by atoms with Gasteiger partial charge in [-0.3, -0.25) is 0 Å². The molecule has 0 spiro atoms. The molecule has 0 unspecified atom stereocenters. The van der Waals surface area contributed by atoms with Crippen LogP contribution in [0.2, 0.25) is 0 Å². The fourth-order valence-corrected chi connectivity index (χ4v) is 11.4. The van der Waals surface area contributed by atoms with Crippen molar-refractivity contribution in [1.29, 1.82) is 0 Å². The molecule has 0 saturated heterocycles. The number of hydrogen-bond donors (Lipinski definition) is 0. The van der Waals surface area contributed by atoms with Gasteiger partial charge in [0.25, 0.3) is 0 Å². The summed E-state index contributed by atoms with van der Waals surface area (Å²) < 4.78 is 2.49. The summed E-state index contributed by atoms with van der Waals surface area (Å²) in [6.07, 6.45) is 0. The van der Waals surface area contributed by atoms with E-state index in [1.54, 1.807) is 0 Å². The number of para-hydroxylation sites is 2. The van der Waals surface area contributed by atoms with Crippen LogP contribution in [-0.4, -0.2) is 4.57 Å². The van der Waals surface area contributed by atoms with Gasteiger partial charge in [-0.15, -0.1) is 0 Å². The second-order valence-corrected chi connectivity index (χ2v) is 26.4. The minimum absolute atomic E-state index is 0.0144. The van der Waals surface area contributed by atoms with E-state index in [0.29, 0.717) is 0 Å². The third-order valence-corrected chi connectivity index (χ3v) is 15.9. The third-order valence-electron chi connectivity index (χ3n) is 15.9. The fraction of sp³-hybridized carbons (Fsp3) is 0.278. The standard InChI is InChI=1S/C72H74N2/c1-68(2,3)49-32-24-45(25-33-49)59-43-53(72(13,14)15)44-60(46-26-34-50(35-27-46)69(4,5)6)67(59)73(54-41-51(70(7,8)9)40-52(42-54)71(10,11)12)63-38-30-47-29-37-58-64(39-31-48-28-36-57(63)65(47)66(48)58)74-61-22-18-16-20-55(61)56-21-17-19-23-62(56)74/h16-44H,1-15H3. The van der Waals surface area contributed by atoms with Crippen molar-refractivity contribution in [1.82, 2.24) is 4.57 Å². The molecular weight excluding hydrogens is 893 g/mol. The van der Waals surface area contributed by atoms with Crippen LogP contribution in [0.25, 0.3) is 82.1 Å². The highest BCUT2D eigenvalue weighted by Gasteiger charge is 2.31. The van der Waals surface area contributed by atoms with Crippen molar-refractivity contribution in [2.45, 2.75) is 131 Å². The van der Waals surface area contributed by atoms with Crippen molar-refractivity contribution in [3.05, 3.63) is 204 Å². The Morgan fingerprint density at radius 3 is 1.18 bits per heavy atom. The summed E-state index contributed by atoms with van der Waals surface area (Å²) in [6.45, 7) is 35.1. The Balaban J connectivity index is 1.30. The molecule has 0 N–H and O–H groups in total. The number of aromatic nitrogens is 1. The molecule has 74 heavy (non-hydrogen) atoms. The quantitative estimate of drug-likeness (QED) is 0.151. The van der Waals surface area contributed by atoms with Gasteiger partial charge < -0.3 is 9.47 Å². The van der Waals surface area contributed by atoms with Crippen molar-refractivity contribution >= 4 is 71.2 Å². The van der Waals surface area contributed by atoms with Crippen LogP contribution in [-0.2, 0) is 27.1 Å². The molecule has 372 valence electrons. The van der Waals surface area contributed by atoms with Gasteiger partial charge in [0.05, 0.1) is 28.1 Å². The fourth-order valence-electron chi connectivity index (χ4n) is 11.4. The van der Waals surface area contributed by atoms with Gasteiger partial charge in [-0.25, -0.2) is 0 Å². The van der Waals surface area contributed by atoms with Gasteiger partial charge in [0.2, 0.25) is 0 Å². The van der Waals surface area contributed by atoms with Gasteiger partial charge in [-0.1, -0.05) is 231 Å². The normalized spacial score (nSPS) is 13.1. The van der Waals surface area contributed by atoms with Gasteiger partial charge in [-0.05, 0) is 136 Å². The molecule has 0 aliphatic heterocycles. The zero-order valence-corrected chi connectivity index (χ0v) is 46.6. The van der Waals surface area contributed by atoms with Crippen molar-refractivity contribution < 1.29 is 0 Å². The van der Waals surface area contributed by atoms with E-state index in [2.05, 4.69) is 289 Å². The lowest BCUT2D eigenvalue weighted by Crippen LogP contribution is -2.20. The summed E-state index contributed by atoms with van der Waals surface area (Å²) in [4.78, 5) is 2.66. The highest BCUT2D eigenvalue weighted by molar-refractivity contribution is 6.28. The Morgan fingerprint density at radius 2 is 0.716 bits per heavy atom. The molecule has 2 heteroatoms. The van der Waals surface area contributed by atoms with E-state index >= 15 is 0 Å². The monoisotopic (exact) mass is 967 g/mol. The van der Waals surface area contributed by atoms with Gasteiger partial charge >= 0.3 is 0 Å². The zero-order chi connectivity index (χ0) is 52.4. The molecule has 0 fully saturated rings. The van der Waals surface area contributed by atoms with Gasteiger partial charge in [0, 0.05) is 38.4 Å². The second-order valence-electron chi connectivity index (χ2n) is 26.4. The van der Waals surface area contributed by atoms with E-state index in [1.165, 1.54) is 116 Å². The molecule has 0 aliphatic rings. The Kier molecular flexibility index (Phi) is 11.4. The van der Waals surface area contributed by atoms with E-state index in [4.69, 9.17) is 0 Å². The molecule has 0 saturated carbocycles. The Bertz CT molecular complexity index is 3770. The van der Waals surface area contributed by atoms with E-state index in [1.807, 2.05) is 0 Å². The third kappa shape index (κ3) is 8.45. The van der Waals surface area contributed by atoms with E-state index in [9.17, 15) is 0 Å². The molecule has 11 rings (SSSR count). The average molecular weight is 967 g/mol. The average Bonchev–Trinajstić information content (AvgIpc) is 3.69. The van der Waals surface area contributed by atoms with Gasteiger partial charge in [0.15, 0.2) is 0 Å². The molecule has 1 heterocycles. The molecule has 1 aromatic heterocycles. The number of nitrogens with zero attached hydrogens (tertiary/aromatic N) is 2. The lowest BCUT2D eigenvalue weighted by atomic mass is 9.79. The van der Waals surface area contributed by atoms with Crippen LogP contribution in [0.3, 0.4) is 0 Å². The highest BCUT2D eigenvalue weighted by atomic mass is 15.2. The number of anilines is 3. The van der Waals surface area contributed by atoms with Crippen LogP contribution in [0.15, 0.2) is 176 Å². The molecule has 0 atom stereocenters. The molecule has 0 aliphatic carbocycles. The molecule has 11 aromatic rings. The van der Waals surface area contributed by atoms with E-state index < -0.39 is 0 Å². The number of benzene rings is 10. The Labute approximate surface area is 441 Å². The molecule has 10 aromatic carbocycles. The van der Waals surface area contributed by atoms with Crippen LogP contribution in [0.1, 0.15) is 132 Å². The van der Waals surface area contributed by atoms with E-state index in [0.717, 1.165) is 11.4 Å². The maximum Gasteiger partial charge on any atom is 0.0618 e. The lowest BCUT2D eigenvalue weighted by Gasteiger charge is -2.35. The first-order valence-corrected chi connectivity index (χ1v) is 26.9. The first-order chi connectivity index (χ1) is 34.9.